The van der Waals surface area contributed by atoms with Crippen LogP contribution < -0.4 is 10.9 Å². The third-order valence-electron chi connectivity index (χ3n) is 4.32. The molecule has 1 amide bonds. The molecule has 0 radical (unpaired) electrons. The van der Waals surface area contributed by atoms with Crippen LogP contribution in [-0.2, 0) is 12.7 Å². The van der Waals surface area contributed by atoms with E-state index in [1.165, 1.54) is 10.6 Å². The predicted octanol–water partition coefficient (Wildman–Crippen LogP) is 4.67. The van der Waals surface area contributed by atoms with Crippen molar-refractivity contribution in [3.05, 3.63) is 61.7 Å². The lowest BCUT2D eigenvalue weighted by Crippen LogP contribution is -2.26. The molecule has 2 heterocycles. The Morgan fingerprint density at radius 3 is 2.74 bits per heavy atom. The monoisotopic (exact) mass is 488 g/mol. The first-order valence-electron chi connectivity index (χ1n) is 9.02. The van der Waals surface area contributed by atoms with Crippen molar-refractivity contribution in [1.82, 2.24) is 19.9 Å². The van der Waals surface area contributed by atoms with Crippen LogP contribution in [0.15, 0.2) is 40.3 Å². The summed E-state index contributed by atoms with van der Waals surface area (Å²) in [6, 6.07) is 5.46. The average Bonchev–Trinajstić information content (AvgIpc) is 2.71. The van der Waals surface area contributed by atoms with Crippen LogP contribution in [0.3, 0.4) is 0 Å². The highest BCUT2D eigenvalue weighted by molar-refractivity contribution is 7.99. The standard InChI is InChI=1S/C19H16ClF3N4O2S2/c1-2-27-17(29)12-4-3-10(7-14(12)26-18(27)30)15(28)24-5-6-31-16-13(20)8-11(9-25-16)19(21,22)23/h3-4,7-9H,2,5-6H2,1H3,(H,24,28)(H,26,30). The van der Waals surface area contributed by atoms with Gasteiger partial charge < -0.3 is 10.3 Å². The second-order valence-corrected chi connectivity index (χ2v) is 8.23. The molecule has 3 rings (SSSR count). The highest BCUT2D eigenvalue weighted by Crippen LogP contribution is 2.33. The van der Waals surface area contributed by atoms with E-state index in [1.54, 1.807) is 12.1 Å². The number of aromatic amines is 1. The van der Waals surface area contributed by atoms with E-state index in [4.69, 9.17) is 23.8 Å². The van der Waals surface area contributed by atoms with E-state index in [9.17, 15) is 22.8 Å². The van der Waals surface area contributed by atoms with Gasteiger partial charge in [-0.15, -0.1) is 11.8 Å². The summed E-state index contributed by atoms with van der Waals surface area (Å²) in [6.45, 7) is 2.47. The van der Waals surface area contributed by atoms with Crippen LogP contribution in [-0.4, -0.2) is 32.7 Å². The summed E-state index contributed by atoms with van der Waals surface area (Å²) in [5, 5.41) is 3.27. The number of amides is 1. The first-order valence-corrected chi connectivity index (χ1v) is 10.8. The topological polar surface area (TPSA) is 79.8 Å². The van der Waals surface area contributed by atoms with Gasteiger partial charge in [-0.05, 0) is 43.4 Å². The molecule has 0 bridgehead atoms. The normalized spacial score (nSPS) is 11.6. The van der Waals surface area contributed by atoms with Gasteiger partial charge in [0.2, 0.25) is 0 Å². The van der Waals surface area contributed by atoms with Gasteiger partial charge in [-0.2, -0.15) is 13.2 Å². The van der Waals surface area contributed by atoms with Crippen molar-refractivity contribution >= 4 is 52.4 Å². The van der Waals surface area contributed by atoms with Crippen LogP contribution in [0.1, 0.15) is 22.8 Å². The number of nitrogens with zero attached hydrogens (tertiary/aromatic N) is 2. The highest BCUT2D eigenvalue weighted by atomic mass is 35.5. The first-order chi connectivity index (χ1) is 14.6. The fourth-order valence-corrected chi connectivity index (χ4v) is 4.16. The van der Waals surface area contributed by atoms with Gasteiger partial charge >= 0.3 is 6.18 Å². The van der Waals surface area contributed by atoms with Crippen molar-refractivity contribution in [2.24, 2.45) is 0 Å². The Kier molecular flexibility index (Phi) is 7.07. The molecule has 3 aromatic rings. The van der Waals surface area contributed by atoms with Gasteiger partial charge in [-0.25, -0.2) is 4.98 Å². The molecule has 12 heteroatoms. The Bertz CT molecular complexity index is 1260. The molecule has 0 fully saturated rings. The SMILES string of the molecule is CCn1c(=S)[nH]c2cc(C(=O)NCCSc3ncc(C(F)(F)F)cc3Cl)ccc2c1=O. The second kappa shape index (κ2) is 9.41. The number of rotatable bonds is 6. The molecular formula is C19H16ClF3N4O2S2. The van der Waals surface area contributed by atoms with E-state index in [0.29, 0.717) is 28.8 Å². The number of aromatic nitrogens is 3. The zero-order chi connectivity index (χ0) is 22.8. The molecule has 6 nitrogen and oxygen atoms in total. The van der Waals surface area contributed by atoms with Crippen molar-refractivity contribution in [3.63, 3.8) is 0 Å². The van der Waals surface area contributed by atoms with Crippen molar-refractivity contribution < 1.29 is 18.0 Å². The molecule has 2 aromatic heterocycles. The highest BCUT2D eigenvalue weighted by Gasteiger charge is 2.31. The van der Waals surface area contributed by atoms with Gasteiger partial charge in [0.25, 0.3) is 11.5 Å². The van der Waals surface area contributed by atoms with E-state index in [1.807, 2.05) is 6.92 Å². The zero-order valence-corrected chi connectivity index (χ0v) is 18.4. The fourth-order valence-electron chi connectivity index (χ4n) is 2.78. The van der Waals surface area contributed by atoms with Gasteiger partial charge in [-0.3, -0.25) is 14.2 Å². The maximum atomic E-state index is 12.7. The molecule has 31 heavy (non-hydrogen) atoms. The van der Waals surface area contributed by atoms with Crippen LogP contribution in [0.2, 0.25) is 5.02 Å². The molecule has 2 N–H and O–H groups in total. The van der Waals surface area contributed by atoms with Gasteiger partial charge in [0, 0.05) is 30.6 Å². The molecule has 0 atom stereocenters. The largest absolute Gasteiger partial charge is 0.417 e. The van der Waals surface area contributed by atoms with E-state index >= 15 is 0 Å². The third-order valence-corrected chi connectivity index (χ3v) is 6.05. The number of carbonyl (C=O) groups excluding carboxylic acids is 1. The Morgan fingerprint density at radius 2 is 2.10 bits per heavy atom. The Labute approximate surface area is 188 Å². The number of benzene rings is 1. The summed E-state index contributed by atoms with van der Waals surface area (Å²) in [5.74, 6) is -0.0194. The molecule has 1 aromatic carbocycles. The van der Waals surface area contributed by atoms with Crippen LogP contribution in [0.25, 0.3) is 10.9 Å². The minimum absolute atomic E-state index is 0.103. The molecule has 0 aliphatic carbocycles. The average molecular weight is 489 g/mol. The number of nitrogens with one attached hydrogen (secondary N) is 2. The maximum absolute atomic E-state index is 12.7. The predicted molar refractivity (Wildman–Crippen MR) is 116 cm³/mol. The van der Waals surface area contributed by atoms with Crippen LogP contribution in [0.5, 0.6) is 0 Å². The van der Waals surface area contributed by atoms with Crippen molar-refractivity contribution in [3.8, 4) is 0 Å². The van der Waals surface area contributed by atoms with Crippen molar-refractivity contribution in [2.75, 3.05) is 12.3 Å². The summed E-state index contributed by atoms with van der Waals surface area (Å²) in [6.07, 6.45) is -3.79. The summed E-state index contributed by atoms with van der Waals surface area (Å²) in [4.78, 5) is 31.5. The first kappa shape index (κ1) is 23.3. The molecule has 0 spiro atoms. The number of H-pyrrole nitrogens is 1. The van der Waals surface area contributed by atoms with Crippen LogP contribution >= 0.6 is 35.6 Å². The Hall–Kier alpha value is -2.37. The number of thioether (sulfide) groups is 1. The van der Waals surface area contributed by atoms with E-state index in [-0.39, 0.29) is 32.8 Å². The van der Waals surface area contributed by atoms with Gasteiger partial charge in [0.1, 0.15) is 5.03 Å². The second-order valence-electron chi connectivity index (χ2n) is 6.35. The lowest BCUT2D eigenvalue weighted by atomic mass is 10.1. The lowest BCUT2D eigenvalue weighted by Gasteiger charge is -2.10. The maximum Gasteiger partial charge on any atom is 0.417 e. The van der Waals surface area contributed by atoms with Gasteiger partial charge in [-0.1, -0.05) is 11.6 Å². The Morgan fingerprint density at radius 1 is 1.35 bits per heavy atom. The van der Waals surface area contributed by atoms with E-state index in [0.717, 1.165) is 24.0 Å². The molecule has 164 valence electrons. The van der Waals surface area contributed by atoms with Gasteiger partial charge in [0.05, 0.1) is 21.5 Å². The number of carbonyl (C=O) groups is 1. The fraction of sp³-hybridized carbons (Fsp3) is 0.263. The molecule has 0 saturated heterocycles. The molecular weight excluding hydrogens is 473 g/mol. The zero-order valence-electron chi connectivity index (χ0n) is 16.0. The number of fused-ring (bicyclic) bond motifs is 1. The number of alkyl halides is 3. The molecule has 0 aliphatic rings. The van der Waals surface area contributed by atoms with Crippen LogP contribution in [0.4, 0.5) is 13.2 Å². The number of pyridine rings is 1. The summed E-state index contributed by atoms with van der Waals surface area (Å²) in [5.41, 5.74) is -0.355. The number of hydrogen-bond acceptors (Lipinski definition) is 5. The molecule has 0 saturated carbocycles. The number of halogens is 4. The minimum Gasteiger partial charge on any atom is -0.351 e. The third kappa shape index (κ3) is 5.28. The molecule has 0 aliphatic heterocycles. The lowest BCUT2D eigenvalue weighted by molar-refractivity contribution is -0.137. The van der Waals surface area contributed by atoms with Crippen molar-refractivity contribution in [2.45, 2.75) is 24.7 Å². The van der Waals surface area contributed by atoms with Crippen LogP contribution in [0, 0.1) is 4.77 Å². The summed E-state index contributed by atoms with van der Waals surface area (Å²) in [7, 11) is 0. The summed E-state index contributed by atoms with van der Waals surface area (Å²) >= 11 is 12.2. The summed E-state index contributed by atoms with van der Waals surface area (Å²) < 4.78 is 39.7. The Balaban J connectivity index is 1.63. The van der Waals surface area contributed by atoms with E-state index in [2.05, 4.69) is 15.3 Å². The smallest absolute Gasteiger partial charge is 0.351 e. The van der Waals surface area contributed by atoms with Crippen molar-refractivity contribution in [1.29, 1.82) is 0 Å². The number of hydrogen-bond donors (Lipinski definition) is 2. The quantitative estimate of drug-likeness (QED) is 0.299. The molecule has 0 unspecified atom stereocenters. The van der Waals surface area contributed by atoms with Gasteiger partial charge in [0.15, 0.2) is 4.77 Å². The minimum atomic E-state index is -4.51. The van der Waals surface area contributed by atoms with E-state index < -0.39 is 11.7 Å².